The van der Waals surface area contributed by atoms with Crippen molar-refractivity contribution in [1.29, 1.82) is 0 Å². The third-order valence-corrected chi connectivity index (χ3v) is 6.24. The lowest BCUT2D eigenvalue weighted by Gasteiger charge is -2.28. The summed E-state index contributed by atoms with van der Waals surface area (Å²) in [6.07, 6.45) is 1.32. The number of urea groups is 1. The fraction of sp³-hybridized carbons (Fsp3) is 0.286. The van der Waals surface area contributed by atoms with Crippen LogP contribution >= 0.6 is 0 Å². The molecule has 2 aromatic rings. The highest BCUT2D eigenvalue weighted by Gasteiger charge is 2.34. The van der Waals surface area contributed by atoms with Crippen molar-refractivity contribution in [2.24, 2.45) is 16.1 Å². The summed E-state index contributed by atoms with van der Waals surface area (Å²) in [5.41, 5.74) is 4.70. The lowest BCUT2D eigenvalue weighted by Crippen LogP contribution is -2.45. The Bertz CT molecular complexity index is 1440. The van der Waals surface area contributed by atoms with E-state index in [1.165, 1.54) is 18.3 Å². The Morgan fingerprint density at radius 3 is 2.59 bits per heavy atom. The molecule has 0 fully saturated rings. The number of methoxy groups -OCH3 is 1. The number of allylic oxidation sites excluding steroid dienone is 1. The fourth-order valence-electron chi connectivity index (χ4n) is 4.27. The molecule has 0 radical (unpaired) electrons. The summed E-state index contributed by atoms with van der Waals surface area (Å²) < 4.78 is 16.2. The smallest absolute Gasteiger partial charge is 0.338 e. The monoisotopic (exact) mass is 562 g/mol. The predicted octanol–water partition coefficient (Wildman–Crippen LogP) is 2.41. The van der Waals surface area contributed by atoms with Gasteiger partial charge < -0.3 is 24.8 Å². The second kappa shape index (κ2) is 12.8. The van der Waals surface area contributed by atoms with E-state index in [9.17, 15) is 19.2 Å². The van der Waals surface area contributed by atoms with Gasteiger partial charge in [-0.25, -0.2) is 15.0 Å². The normalized spacial score (nSPS) is 18.5. The third-order valence-electron chi connectivity index (χ3n) is 6.24. The number of hydrazone groups is 2. The van der Waals surface area contributed by atoms with Crippen LogP contribution in [0.15, 0.2) is 70.0 Å². The highest BCUT2D eigenvalue weighted by molar-refractivity contribution is 6.23. The molecule has 0 saturated heterocycles. The number of hydrogen-bond donors (Lipinski definition) is 3. The Kier molecular flexibility index (Phi) is 8.97. The van der Waals surface area contributed by atoms with Crippen LogP contribution in [0.3, 0.4) is 0 Å². The van der Waals surface area contributed by atoms with Gasteiger partial charge in [-0.05, 0) is 50.6 Å². The van der Waals surface area contributed by atoms with E-state index in [2.05, 4.69) is 26.3 Å². The van der Waals surface area contributed by atoms with Crippen molar-refractivity contribution in [1.82, 2.24) is 16.1 Å². The summed E-state index contributed by atoms with van der Waals surface area (Å²) in [5, 5.41) is 14.8. The molecule has 41 heavy (non-hydrogen) atoms. The largest absolute Gasteiger partial charge is 0.493 e. The molecule has 4 rings (SSSR count). The van der Waals surface area contributed by atoms with Gasteiger partial charge in [-0.2, -0.15) is 15.2 Å². The van der Waals surface area contributed by atoms with E-state index < -0.39 is 36.5 Å². The summed E-state index contributed by atoms with van der Waals surface area (Å²) in [6.45, 7) is 4.79. The van der Waals surface area contributed by atoms with Gasteiger partial charge in [0, 0.05) is 11.9 Å². The van der Waals surface area contributed by atoms with Crippen molar-refractivity contribution in [2.45, 2.75) is 26.8 Å². The Balaban J connectivity index is 1.38. The summed E-state index contributed by atoms with van der Waals surface area (Å²) in [5.74, 6) is -1.60. The van der Waals surface area contributed by atoms with Crippen LogP contribution < -0.4 is 30.5 Å². The second-order valence-electron chi connectivity index (χ2n) is 9.01. The molecule has 0 bridgehead atoms. The molecule has 0 unspecified atom stereocenters. The molecule has 0 saturated carbocycles. The van der Waals surface area contributed by atoms with E-state index in [4.69, 9.17) is 14.2 Å². The molecule has 2 aromatic carbocycles. The Labute approximate surface area is 236 Å². The van der Waals surface area contributed by atoms with Crippen LogP contribution in [0.25, 0.3) is 0 Å². The number of carbonyl (C=O) groups excluding carboxylic acids is 4. The molecule has 214 valence electrons. The maximum Gasteiger partial charge on any atom is 0.338 e. The molecule has 0 aromatic heterocycles. The SMILES string of the molecule is CCOC(=O)C1=C(C)NC(=O)N[C@H]1c1ccc(OCC(=O)N/N=C\[C@@H]2C(=O)N(c3ccccc3)N=C2C)c(OC)c1. The first-order valence-corrected chi connectivity index (χ1v) is 12.8. The average Bonchev–Trinajstić information content (AvgIpc) is 3.24. The first-order chi connectivity index (χ1) is 19.7. The van der Waals surface area contributed by atoms with Crippen LogP contribution in [0.1, 0.15) is 32.4 Å². The van der Waals surface area contributed by atoms with Gasteiger partial charge in [0.15, 0.2) is 18.1 Å². The molecule has 13 heteroatoms. The topological polar surface area (TPSA) is 160 Å². The quantitative estimate of drug-likeness (QED) is 0.228. The lowest BCUT2D eigenvalue weighted by atomic mass is 9.95. The van der Waals surface area contributed by atoms with Crippen molar-refractivity contribution >= 4 is 41.4 Å². The van der Waals surface area contributed by atoms with Crippen molar-refractivity contribution < 1.29 is 33.4 Å². The number of hydrogen-bond acceptors (Lipinski definition) is 9. The van der Waals surface area contributed by atoms with Gasteiger partial charge in [0.05, 0.1) is 36.7 Å². The van der Waals surface area contributed by atoms with Gasteiger partial charge in [-0.15, -0.1) is 0 Å². The van der Waals surface area contributed by atoms with Crippen molar-refractivity contribution in [3.8, 4) is 11.5 Å². The highest BCUT2D eigenvalue weighted by atomic mass is 16.5. The van der Waals surface area contributed by atoms with Crippen LogP contribution in [0, 0.1) is 5.92 Å². The van der Waals surface area contributed by atoms with E-state index in [-0.39, 0.29) is 29.6 Å². The minimum Gasteiger partial charge on any atom is -0.493 e. The van der Waals surface area contributed by atoms with Crippen molar-refractivity contribution in [2.75, 3.05) is 25.3 Å². The minimum atomic E-state index is -0.786. The number of benzene rings is 2. The van der Waals surface area contributed by atoms with Gasteiger partial charge in [0.25, 0.3) is 11.8 Å². The standard InChI is InChI=1S/C28H30N6O7/c1-5-40-27(37)24-17(3)30-28(38)31-25(24)18-11-12-21(22(13-18)39-4)41-15-23(35)32-29-14-20-16(2)33-34(26(20)36)19-9-7-6-8-10-19/h6-14,20,25H,5,15H2,1-4H3,(H,32,35)(H2,30,31,38)/b29-14-/t20-,25-/m0/s1. The zero-order valence-electron chi connectivity index (χ0n) is 23.0. The first kappa shape index (κ1) is 28.8. The number of ether oxygens (including phenoxy) is 3. The van der Waals surface area contributed by atoms with Gasteiger partial charge in [-0.3, -0.25) is 9.59 Å². The Morgan fingerprint density at radius 2 is 1.88 bits per heavy atom. The summed E-state index contributed by atoms with van der Waals surface area (Å²) >= 11 is 0. The molecule has 0 spiro atoms. The average molecular weight is 563 g/mol. The number of carbonyl (C=O) groups is 4. The Hall–Kier alpha value is -5.20. The molecule has 0 aliphatic carbocycles. The van der Waals surface area contributed by atoms with E-state index in [0.29, 0.717) is 22.7 Å². The van der Waals surface area contributed by atoms with Gasteiger partial charge in [0.2, 0.25) is 0 Å². The third kappa shape index (κ3) is 6.52. The van der Waals surface area contributed by atoms with Gasteiger partial charge >= 0.3 is 12.0 Å². The molecule has 13 nitrogen and oxygen atoms in total. The number of nitrogens with zero attached hydrogens (tertiary/aromatic N) is 3. The summed E-state index contributed by atoms with van der Waals surface area (Å²) in [6, 6.07) is 12.5. The Morgan fingerprint density at radius 1 is 1.12 bits per heavy atom. The molecule has 4 amide bonds. The van der Waals surface area contributed by atoms with E-state index in [1.54, 1.807) is 51.1 Å². The molecule has 2 atom stereocenters. The van der Waals surface area contributed by atoms with Crippen LogP contribution in [-0.4, -0.2) is 56.1 Å². The first-order valence-electron chi connectivity index (χ1n) is 12.8. The van der Waals surface area contributed by atoms with E-state index in [0.717, 1.165) is 0 Å². The van der Waals surface area contributed by atoms with Crippen LogP contribution in [0.5, 0.6) is 11.5 Å². The lowest BCUT2D eigenvalue weighted by molar-refractivity contribution is -0.139. The van der Waals surface area contributed by atoms with Gasteiger partial charge in [-0.1, -0.05) is 24.3 Å². The fourth-order valence-corrected chi connectivity index (χ4v) is 4.27. The highest BCUT2D eigenvalue weighted by Crippen LogP contribution is 2.34. The van der Waals surface area contributed by atoms with Crippen molar-refractivity contribution in [3.63, 3.8) is 0 Å². The minimum absolute atomic E-state index is 0.175. The van der Waals surface area contributed by atoms with Crippen LogP contribution in [-0.2, 0) is 19.1 Å². The predicted molar refractivity (Wildman–Crippen MR) is 149 cm³/mol. The molecule has 2 heterocycles. The number of rotatable bonds is 10. The zero-order chi connectivity index (χ0) is 29.5. The molecule has 2 aliphatic heterocycles. The number of amides is 4. The number of esters is 1. The second-order valence-corrected chi connectivity index (χ2v) is 9.01. The van der Waals surface area contributed by atoms with Crippen LogP contribution in [0.4, 0.5) is 10.5 Å². The maximum absolute atomic E-state index is 12.8. The number of para-hydroxylation sites is 1. The van der Waals surface area contributed by atoms with E-state index in [1.807, 2.05) is 18.2 Å². The summed E-state index contributed by atoms with van der Waals surface area (Å²) in [7, 11) is 1.42. The van der Waals surface area contributed by atoms with Crippen LogP contribution in [0.2, 0.25) is 0 Å². The van der Waals surface area contributed by atoms with Gasteiger partial charge in [0.1, 0.15) is 5.92 Å². The summed E-state index contributed by atoms with van der Waals surface area (Å²) in [4.78, 5) is 49.8. The molecule has 3 N–H and O–H groups in total. The number of anilines is 1. The van der Waals surface area contributed by atoms with E-state index >= 15 is 0 Å². The maximum atomic E-state index is 12.8. The molecular weight excluding hydrogens is 532 g/mol. The molecule has 2 aliphatic rings. The molecular formula is C28H30N6O7. The van der Waals surface area contributed by atoms with Crippen molar-refractivity contribution in [3.05, 3.63) is 65.4 Å². The number of nitrogens with one attached hydrogen (secondary N) is 3. The zero-order valence-corrected chi connectivity index (χ0v) is 23.0.